The molecule has 24 heavy (non-hydrogen) atoms. The van der Waals surface area contributed by atoms with Gasteiger partial charge in [-0.1, -0.05) is 6.92 Å². The fourth-order valence-corrected chi connectivity index (χ4v) is 5.66. The Morgan fingerprint density at radius 3 is 2.79 bits per heavy atom. The number of hydrogen-bond donors (Lipinski definition) is 3. The first-order valence-corrected chi connectivity index (χ1v) is 8.69. The molecule has 1 aromatic rings. The lowest BCUT2D eigenvalue weighted by Gasteiger charge is -2.49. The van der Waals surface area contributed by atoms with Crippen molar-refractivity contribution in [2.75, 3.05) is 0 Å². The number of phenolic OH excluding ortho intramolecular Hbond substituents is 1. The van der Waals surface area contributed by atoms with Crippen molar-refractivity contribution in [2.45, 2.75) is 51.0 Å². The molecule has 0 unspecified atom stereocenters. The molecule has 0 heterocycles. The summed E-state index contributed by atoms with van der Waals surface area (Å²) in [5, 5.41) is 29.4. The summed E-state index contributed by atoms with van der Waals surface area (Å²) in [6.45, 7) is 2.16. The molecule has 0 aromatic heterocycles. The third-order valence-corrected chi connectivity index (χ3v) is 6.83. The van der Waals surface area contributed by atoms with Crippen molar-refractivity contribution < 1.29 is 20.1 Å². The SMILES string of the molecule is C[C@]12CC[C@@H]3c4c(C#CO)cc(O)cc4C(=O)C[C@H]3[C@@H]1CC[C@@H]2O. The van der Waals surface area contributed by atoms with Gasteiger partial charge in [0.15, 0.2) is 5.78 Å². The maximum atomic E-state index is 12.7. The predicted octanol–water partition coefficient (Wildman–Crippen LogP) is 2.93. The van der Waals surface area contributed by atoms with Gasteiger partial charge in [-0.15, -0.1) is 0 Å². The van der Waals surface area contributed by atoms with E-state index in [-0.39, 0.29) is 34.9 Å². The van der Waals surface area contributed by atoms with Crippen LogP contribution in [0.5, 0.6) is 5.75 Å². The summed E-state index contributed by atoms with van der Waals surface area (Å²) in [5.74, 6) is 3.46. The molecule has 2 saturated carbocycles. The minimum atomic E-state index is -0.281. The fraction of sp³-hybridized carbons (Fsp3) is 0.550. The van der Waals surface area contributed by atoms with Crippen LogP contribution in [-0.2, 0) is 0 Å². The molecular formula is C20H22O4. The topological polar surface area (TPSA) is 77.8 Å². The number of Topliss-reactive ketones (excluding diaryl/α,β-unsaturated/α-hetero) is 1. The zero-order valence-electron chi connectivity index (χ0n) is 13.7. The number of aromatic hydroxyl groups is 1. The van der Waals surface area contributed by atoms with E-state index in [4.69, 9.17) is 5.11 Å². The second-order valence-electron chi connectivity index (χ2n) is 7.83. The third kappa shape index (κ3) is 2.01. The summed E-state index contributed by atoms with van der Waals surface area (Å²) >= 11 is 0. The third-order valence-electron chi connectivity index (χ3n) is 6.83. The standard InChI is InChI=1S/C20H22O4/c1-20-6-4-13-14(16(20)2-3-18(20)24)10-17(23)15-9-12(22)8-11(5-7-21)19(13)15/h8-9,13-14,16,18,21-22,24H,2-4,6,10H2,1H3/t13-,14+,16-,18-,20-/m0/s1. The number of benzene rings is 1. The van der Waals surface area contributed by atoms with Crippen molar-refractivity contribution >= 4 is 5.78 Å². The van der Waals surface area contributed by atoms with Gasteiger partial charge in [0.1, 0.15) is 11.9 Å². The number of carbonyl (C=O) groups is 1. The molecule has 0 saturated heterocycles. The predicted molar refractivity (Wildman–Crippen MR) is 88.2 cm³/mol. The maximum absolute atomic E-state index is 12.7. The van der Waals surface area contributed by atoms with Crippen molar-refractivity contribution in [3.8, 4) is 17.8 Å². The normalized spacial score (nSPS) is 37.0. The van der Waals surface area contributed by atoms with Crippen LogP contribution >= 0.6 is 0 Å². The molecule has 3 aliphatic carbocycles. The molecule has 3 aliphatic rings. The second kappa shape index (κ2) is 5.26. The first-order valence-electron chi connectivity index (χ1n) is 8.69. The van der Waals surface area contributed by atoms with Crippen molar-refractivity contribution in [1.29, 1.82) is 0 Å². The number of carbonyl (C=O) groups excluding carboxylic acids is 1. The van der Waals surface area contributed by atoms with E-state index in [2.05, 4.69) is 12.8 Å². The molecule has 0 spiro atoms. The van der Waals surface area contributed by atoms with Crippen LogP contribution in [0.3, 0.4) is 0 Å². The van der Waals surface area contributed by atoms with Crippen molar-refractivity contribution in [2.24, 2.45) is 17.3 Å². The molecule has 4 heteroatoms. The summed E-state index contributed by atoms with van der Waals surface area (Å²) in [6, 6.07) is 3.07. The summed E-state index contributed by atoms with van der Waals surface area (Å²) in [5.41, 5.74) is 1.89. The average molecular weight is 326 g/mol. The van der Waals surface area contributed by atoms with Gasteiger partial charge in [0.05, 0.1) is 6.10 Å². The quantitative estimate of drug-likeness (QED) is 0.641. The minimum absolute atomic E-state index is 0.00948. The molecule has 1 aromatic carbocycles. The molecule has 2 fully saturated rings. The Bertz CT molecular complexity index is 772. The van der Waals surface area contributed by atoms with E-state index in [0.29, 0.717) is 23.5 Å². The molecule has 4 rings (SSSR count). The molecule has 126 valence electrons. The first-order chi connectivity index (χ1) is 11.5. The van der Waals surface area contributed by atoms with Gasteiger partial charge in [-0.25, -0.2) is 0 Å². The number of aliphatic hydroxyl groups excluding tert-OH is 2. The Kier molecular flexibility index (Phi) is 3.40. The summed E-state index contributed by atoms with van der Waals surface area (Å²) in [4.78, 5) is 12.7. The van der Waals surface area contributed by atoms with Crippen LogP contribution in [0.15, 0.2) is 12.1 Å². The highest BCUT2D eigenvalue weighted by Crippen LogP contribution is 2.61. The number of aliphatic hydroxyl groups is 2. The van der Waals surface area contributed by atoms with Crippen LogP contribution in [0.2, 0.25) is 0 Å². The molecule has 0 aliphatic heterocycles. The Morgan fingerprint density at radius 1 is 1.25 bits per heavy atom. The van der Waals surface area contributed by atoms with Gasteiger partial charge >= 0.3 is 0 Å². The molecule has 3 N–H and O–H groups in total. The molecule has 4 nitrogen and oxygen atoms in total. The van der Waals surface area contributed by atoms with Gasteiger partial charge < -0.3 is 15.3 Å². The van der Waals surface area contributed by atoms with Crippen LogP contribution in [0.25, 0.3) is 0 Å². The first kappa shape index (κ1) is 15.5. The number of ketones is 1. The van der Waals surface area contributed by atoms with Gasteiger partial charge in [-0.2, -0.15) is 0 Å². The van der Waals surface area contributed by atoms with E-state index in [1.807, 2.05) is 6.11 Å². The highest BCUT2D eigenvalue weighted by Gasteiger charge is 2.55. The van der Waals surface area contributed by atoms with Crippen molar-refractivity contribution in [1.82, 2.24) is 0 Å². The van der Waals surface area contributed by atoms with Crippen LogP contribution in [0.4, 0.5) is 0 Å². The Balaban J connectivity index is 1.84. The van der Waals surface area contributed by atoms with Crippen LogP contribution in [-0.4, -0.2) is 27.2 Å². The van der Waals surface area contributed by atoms with Crippen molar-refractivity contribution in [3.63, 3.8) is 0 Å². The fourth-order valence-electron chi connectivity index (χ4n) is 5.66. The zero-order chi connectivity index (χ0) is 17.1. The lowest BCUT2D eigenvalue weighted by atomic mass is 9.55. The van der Waals surface area contributed by atoms with Gasteiger partial charge in [0.25, 0.3) is 0 Å². The summed E-state index contributed by atoms with van der Waals surface area (Å²) < 4.78 is 0. The van der Waals surface area contributed by atoms with Crippen LogP contribution in [0, 0.1) is 29.3 Å². The smallest absolute Gasteiger partial charge is 0.163 e. The molecular weight excluding hydrogens is 304 g/mol. The molecule has 0 bridgehead atoms. The lowest BCUT2D eigenvalue weighted by molar-refractivity contribution is -0.0208. The monoisotopic (exact) mass is 326 g/mol. The van der Waals surface area contributed by atoms with Gasteiger partial charge in [0.2, 0.25) is 0 Å². The van der Waals surface area contributed by atoms with Crippen molar-refractivity contribution in [3.05, 3.63) is 28.8 Å². The number of rotatable bonds is 0. The molecule has 0 amide bonds. The van der Waals surface area contributed by atoms with Gasteiger partial charge in [-0.05, 0) is 72.5 Å². The summed E-state index contributed by atoms with van der Waals surface area (Å²) in [6.07, 6.45) is 5.71. The number of phenols is 1. The Hall–Kier alpha value is -1.99. The van der Waals surface area contributed by atoms with Crippen LogP contribution in [0.1, 0.15) is 66.4 Å². The summed E-state index contributed by atoms with van der Waals surface area (Å²) in [7, 11) is 0. The Morgan fingerprint density at radius 2 is 2.04 bits per heavy atom. The highest BCUT2D eigenvalue weighted by molar-refractivity contribution is 6.00. The average Bonchev–Trinajstić information content (AvgIpc) is 2.84. The molecule has 0 radical (unpaired) electrons. The van der Waals surface area contributed by atoms with Gasteiger partial charge in [-0.3, -0.25) is 4.79 Å². The van der Waals surface area contributed by atoms with Gasteiger partial charge in [0, 0.05) is 17.5 Å². The van der Waals surface area contributed by atoms with E-state index < -0.39 is 0 Å². The zero-order valence-corrected chi connectivity index (χ0v) is 13.7. The van der Waals surface area contributed by atoms with E-state index >= 15 is 0 Å². The second-order valence-corrected chi connectivity index (χ2v) is 7.83. The van der Waals surface area contributed by atoms with E-state index in [1.54, 1.807) is 0 Å². The maximum Gasteiger partial charge on any atom is 0.163 e. The highest BCUT2D eigenvalue weighted by atomic mass is 16.3. The number of fused-ring (bicyclic) bond motifs is 5. The van der Waals surface area contributed by atoms with E-state index in [1.165, 1.54) is 12.1 Å². The minimum Gasteiger partial charge on any atom is -0.508 e. The number of hydrogen-bond acceptors (Lipinski definition) is 4. The largest absolute Gasteiger partial charge is 0.508 e. The Labute approximate surface area is 141 Å². The lowest BCUT2D eigenvalue weighted by Crippen LogP contribution is -2.45. The molecule has 5 atom stereocenters. The van der Waals surface area contributed by atoms with E-state index in [0.717, 1.165) is 31.2 Å². The van der Waals surface area contributed by atoms with Crippen LogP contribution < -0.4 is 0 Å². The van der Waals surface area contributed by atoms with E-state index in [9.17, 15) is 15.0 Å².